The minimum Gasteiger partial charge on any atom is -0.394 e. The van der Waals surface area contributed by atoms with Crippen LogP contribution in [0.15, 0.2) is 33.7 Å². The van der Waals surface area contributed by atoms with Gasteiger partial charge in [0.05, 0.1) is 12.4 Å². The first kappa shape index (κ1) is 13.0. The molecule has 1 atom stereocenters. The quantitative estimate of drug-likeness (QED) is 0.800. The number of aliphatic hydroxyl groups excluding tert-OH is 1. The highest BCUT2D eigenvalue weighted by Crippen LogP contribution is 2.22. The first-order valence-corrected chi connectivity index (χ1v) is 6.25. The van der Waals surface area contributed by atoms with E-state index >= 15 is 0 Å². The van der Waals surface area contributed by atoms with Gasteiger partial charge in [-0.25, -0.2) is 4.39 Å². The minimum atomic E-state index is -0.662. The lowest BCUT2D eigenvalue weighted by Gasteiger charge is -1.99. The Kier molecular flexibility index (Phi) is 4.29. The maximum atomic E-state index is 12.9. The Labute approximate surface area is 107 Å². The highest BCUT2D eigenvalue weighted by molar-refractivity contribution is 7.98. The summed E-state index contributed by atoms with van der Waals surface area (Å²) in [4.78, 5) is 4.83. The van der Waals surface area contributed by atoms with Crippen LogP contribution in [0.1, 0.15) is 17.8 Å². The van der Waals surface area contributed by atoms with E-state index in [2.05, 4.69) is 10.1 Å². The molecule has 5 nitrogen and oxygen atoms in total. The lowest BCUT2D eigenvalue weighted by molar-refractivity contribution is 0.236. The molecule has 0 fully saturated rings. The Morgan fingerprint density at radius 3 is 3.06 bits per heavy atom. The monoisotopic (exact) mass is 269 g/mol. The second-order valence-electron chi connectivity index (χ2n) is 3.58. The van der Waals surface area contributed by atoms with Crippen LogP contribution >= 0.6 is 11.8 Å². The van der Waals surface area contributed by atoms with Crippen LogP contribution in [0.3, 0.4) is 0 Å². The molecule has 0 aliphatic carbocycles. The van der Waals surface area contributed by atoms with E-state index in [0.29, 0.717) is 11.6 Å². The van der Waals surface area contributed by atoms with Crippen LogP contribution in [0.4, 0.5) is 4.39 Å². The van der Waals surface area contributed by atoms with Crippen molar-refractivity contribution in [2.75, 3.05) is 6.61 Å². The molecule has 2 aromatic rings. The number of thioether (sulfide) groups is 1. The molecule has 1 unspecified atom stereocenters. The van der Waals surface area contributed by atoms with Crippen molar-refractivity contribution in [1.82, 2.24) is 10.1 Å². The van der Waals surface area contributed by atoms with Gasteiger partial charge in [-0.1, -0.05) is 11.2 Å². The number of halogens is 1. The van der Waals surface area contributed by atoms with E-state index in [1.807, 2.05) is 0 Å². The molecule has 0 saturated carbocycles. The van der Waals surface area contributed by atoms with Gasteiger partial charge in [0.25, 0.3) is 0 Å². The van der Waals surface area contributed by atoms with E-state index in [4.69, 9.17) is 15.4 Å². The predicted octanol–water partition coefficient (Wildman–Crippen LogP) is 1.49. The fourth-order valence-corrected chi connectivity index (χ4v) is 2.04. The van der Waals surface area contributed by atoms with E-state index in [-0.39, 0.29) is 18.3 Å². The van der Waals surface area contributed by atoms with Crippen LogP contribution in [0.5, 0.6) is 0 Å². The largest absolute Gasteiger partial charge is 0.394 e. The number of hydrogen-bond acceptors (Lipinski definition) is 6. The predicted molar refractivity (Wildman–Crippen MR) is 64.3 cm³/mol. The highest BCUT2D eigenvalue weighted by Gasteiger charge is 2.13. The molecule has 1 aromatic heterocycles. The molecule has 0 aliphatic heterocycles. The molecule has 96 valence electrons. The Balaban J connectivity index is 1.96. The third-order valence-electron chi connectivity index (χ3n) is 2.16. The zero-order chi connectivity index (χ0) is 13.0. The van der Waals surface area contributed by atoms with Gasteiger partial charge in [0, 0.05) is 4.90 Å². The second-order valence-corrected chi connectivity index (χ2v) is 4.63. The van der Waals surface area contributed by atoms with Crippen LogP contribution in [0.2, 0.25) is 0 Å². The zero-order valence-corrected chi connectivity index (χ0v) is 10.2. The number of aromatic nitrogens is 2. The number of rotatable bonds is 5. The SMILES string of the molecule is NC(CO)c1nc(CSc2cccc(F)c2)no1. The summed E-state index contributed by atoms with van der Waals surface area (Å²) in [6.45, 7) is -0.251. The molecule has 0 amide bonds. The van der Waals surface area contributed by atoms with Gasteiger partial charge < -0.3 is 15.4 Å². The average molecular weight is 269 g/mol. The Morgan fingerprint density at radius 2 is 2.33 bits per heavy atom. The molecule has 18 heavy (non-hydrogen) atoms. The summed E-state index contributed by atoms with van der Waals surface area (Å²) >= 11 is 1.39. The molecule has 3 N–H and O–H groups in total. The van der Waals surface area contributed by atoms with Crippen LogP contribution in [0, 0.1) is 5.82 Å². The van der Waals surface area contributed by atoms with Crippen molar-refractivity contribution in [3.63, 3.8) is 0 Å². The van der Waals surface area contributed by atoms with Crippen LogP contribution in [-0.2, 0) is 5.75 Å². The highest BCUT2D eigenvalue weighted by atomic mass is 32.2. The van der Waals surface area contributed by atoms with Crippen LogP contribution < -0.4 is 5.73 Å². The zero-order valence-electron chi connectivity index (χ0n) is 9.41. The summed E-state index contributed by atoms with van der Waals surface area (Å²) < 4.78 is 17.8. The fourth-order valence-electron chi connectivity index (χ4n) is 1.26. The van der Waals surface area contributed by atoms with Gasteiger partial charge in [-0.15, -0.1) is 11.8 Å². The van der Waals surface area contributed by atoms with Crippen molar-refractivity contribution >= 4 is 11.8 Å². The summed E-state index contributed by atoms with van der Waals surface area (Å²) in [5, 5.41) is 12.6. The molecule has 1 heterocycles. The van der Waals surface area contributed by atoms with E-state index in [0.717, 1.165) is 4.90 Å². The first-order chi connectivity index (χ1) is 8.69. The van der Waals surface area contributed by atoms with Crippen LogP contribution in [-0.4, -0.2) is 21.9 Å². The minimum absolute atomic E-state index is 0.201. The van der Waals surface area contributed by atoms with Crippen molar-refractivity contribution in [2.24, 2.45) is 5.73 Å². The van der Waals surface area contributed by atoms with Crippen molar-refractivity contribution in [3.05, 3.63) is 41.8 Å². The standard InChI is InChI=1S/C11H12FN3O2S/c12-7-2-1-3-8(4-7)18-6-10-14-11(17-15-10)9(13)5-16/h1-4,9,16H,5-6,13H2. The van der Waals surface area contributed by atoms with E-state index in [1.165, 1.54) is 23.9 Å². The normalized spacial score (nSPS) is 12.6. The van der Waals surface area contributed by atoms with E-state index in [9.17, 15) is 4.39 Å². The molecule has 0 spiro atoms. The summed E-state index contributed by atoms with van der Waals surface area (Å²) in [6, 6.07) is 5.60. The second kappa shape index (κ2) is 5.94. The van der Waals surface area contributed by atoms with Gasteiger partial charge in [0.2, 0.25) is 5.89 Å². The van der Waals surface area contributed by atoms with E-state index in [1.54, 1.807) is 12.1 Å². The number of hydrogen-bond donors (Lipinski definition) is 2. The average Bonchev–Trinajstić information content (AvgIpc) is 2.84. The molecular weight excluding hydrogens is 257 g/mol. The van der Waals surface area contributed by atoms with Gasteiger partial charge in [-0.3, -0.25) is 0 Å². The molecule has 2 rings (SSSR count). The summed E-state index contributed by atoms with van der Waals surface area (Å²) in [6.07, 6.45) is 0. The number of aliphatic hydroxyl groups is 1. The summed E-state index contributed by atoms with van der Waals surface area (Å²) in [5.74, 6) is 0.831. The Morgan fingerprint density at radius 1 is 1.50 bits per heavy atom. The third kappa shape index (κ3) is 3.28. The maximum absolute atomic E-state index is 12.9. The summed E-state index contributed by atoms with van der Waals surface area (Å²) in [7, 11) is 0. The Bertz CT molecular complexity index is 520. The maximum Gasteiger partial charge on any atom is 0.245 e. The molecular formula is C11H12FN3O2S. The van der Waals surface area contributed by atoms with Crippen molar-refractivity contribution in [2.45, 2.75) is 16.7 Å². The van der Waals surface area contributed by atoms with Gasteiger partial charge in [0.15, 0.2) is 5.82 Å². The number of nitrogens with two attached hydrogens (primary N) is 1. The van der Waals surface area contributed by atoms with Gasteiger partial charge in [-0.05, 0) is 18.2 Å². The lowest BCUT2D eigenvalue weighted by atomic mass is 10.3. The van der Waals surface area contributed by atoms with Crippen molar-refractivity contribution in [1.29, 1.82) is 0 Å². The fraction of sp³-hybridized carbons (Fsp3) is 0.273. The van der Waals surface area contributed by atoms with Gasteiger partial charge in [0.1, 0.15) is 11.9 Å². The Hall–Kier alpha value is -1.44. The molecule has 0 bridgehead atoms. The molecule has 7 heteroatoms. The number of benzene rings is 1. The molecule has 0 saturated heterocycles. The molecule has 0 radical (unpaired) electrons. The number of nitrogens with zero attached hydrogens (tertiary/aromatic N) is 2. The third-order valence-corrected chi connectivity index (χ3v) is 3.15. The molecule has 0 aliphatic rings. The van der Waals surface area contributed by atoms with Crippen LogP contribution in [0.25, 0.3) is 0 Å². The van der Waals surface area contributed by atoms with Crippen molar-refractivity contribution < 1.29 is 14.0 Å². The topological polar surface area (TPSA) is 85.2 Å². The molecule has 1 aromatic carbocycles. The smallest absolute Gasteiger partial charge is 0.245 e. The van der Waals surface area contributed by atoms with Gasteiger partial charge >= 0.3 is 0 Å². The van der Waals surface area contributed by atoms with E-state index < -0.39 is 6.04 Å². The van der Waals surface area contributed by atoms with Gasteiger partial charge in [-0.2, -0.15) is 4.98 Å². The first-order valence-electron chi connectivity index (χ1n) is 5.26. The summed E-state index contributed by atoms with van der Waals surface area (Å²) in [5.41, 5.74) is 5.53. The van der Waals surface area contributed by atoms with Crippen molar-refractivity contribution in [3.8, 4) is 0 Å². The lowest BCUT2D eigenvalue weighted by Crippen LogP contribution is -2.14.